The van der Waals surface area contributed by atoms with Gasteiger partial charge in [-0.2, -0.15) is 0 Å². The Bertz CT molecular complexity index is 521. The number of rotatable bonds is 4. The Kier molecular flexibility index (Phi) is 8.88. The molecule has 0 saturated carbocycles. The van der Waals surface area contributed by atoms with Crippen LogP contribution in [0.2, 0.25) is 0 Å². The lowest BCUT2D eigenvalue weighted by atomic mass is 10.0. The van der Waals surface area contributed by atoms with Crippen molar-refractivity contribution in [3.05, 3.63) is 29.8 Å². The van der Waals surface area contributed by atoms with Gasteiger partial charge in [-0.05, 0) is 56.8 Å². The molecule has 1 aromatic carbocycles. The van der Waals surface area contributed by atoms with Crippen molar-refractivity contribution >= 4 is 36.4 Å². The highest BCUT2D eigenvalue weighted by Gasteiger charge is 2.28. The first-order valence-electron chi connectivity index (χ1n) is 8.59. The Morgan fingerprint density at radius 1 is 1.08 bits per heavy atom. The van der Waals surface area contributed by atoms with Crippen molar-refractivity contribution in [2.45, 2.75) is 44.6 Å². The van der Waals surface area contributed by atoms with E-state index >= 15 is 0 Å². The number of aryl methyl sites for hydroxylation is 1. The van der Waals surface area contributed by atoms with E-state index in [-0.39, 0.29) is 30.7 Å². The zero-order chi connectivity index (χ0) is 15.4. The smallest absolute Gasteiger partial charge is 0.222 e. The zero-order valence-electron chi connectivity index (χ0n) is 14.2. The lowest BCUT2D eigenvalue weighted by Crippen LogP contribution is -2.49. The fourth-order valence-electron chi connectivity index (χ4n) is 3.75. The zero-order valence-corrected chi connectivity index (χ0v) is 15.8. The molecule has 2 aliphatic rings. The summed E-state index contributed by atoms with van der Waals surface area (Å²) in [5.41, 5.74) is 7.84. The number of anilines is 1. The number of benzene rings is 1. The van der Waals surface area contributed by atoms with Gasteiger partial charge in [0.25, 0.3) is 0 Å². The maximum Gasteiger partial charge on any atom is 0.222 e. The highest BCUT2D eigenvalue weighted by molar-refractivity contribution is 5.85. The van der Waals surface area contributed by atoms with Crippen LogP contribution in [0.4, 0.5) is 5.69 Å². The van der Waals surface area contributed by atoms with E-state index in [0.717, 1.165) is 37.2 Å². The fourth-order valence-corrected chi connectivity index (χ4v) is 3.75. The van der Waals surface area contributed by atoms with E-state index in [0.29, 0.717) is 12.5 Å². The summed E-state index contributed by atoms with van der Waals surface area (Å²) < 4.78 is 0. The molecule has 136 valence electrons. The Morgan fingerprint density at radius 2 is 1.79 bits per heavy atom. The number of hydrogen-bond donors (Lipinski definition) is 1. The number of carbonyl (C=O) groups excluding carboxylic acids is 1. The first-order valence-corrected chi connectivity index (χ1v) is 8.59. The van der Waals surface area contributed by atoms with E-state index in [1.54, 1.807) is 0 Å². The molecule has 0 spiro atoms. The summed E-state index contributed by atoms with van der Waals surface area (Å²) in [5.74, 6) is 0.284. The van der Waals surface area contributed by atoms with Gasteiger partial charge in [0, 0.05) is 31.2 Å². The number of hydrogen-bond acceptors (Lipinski definition) is 3. The molecule has 0 aromatic heterocycles. The minimum absolute atomic E-state index is 0. The SMILES string of the molecule is Cl.Cl.Nc1ccccc1CCC(=O)N1CCCC(N2CCCC2)C1. The van der Waals surface area contributed by atoms with Crippen molar-refractivity contribution in [3.63, 3.8) is 0 Å². The molecule has 1 atom stereocenters. The molecule has 24 heavy (non-hydrogen) atoms. The van der Waals surface area contributed by atoms with Crippen LogP contribution in [0.15, 0.2) is 24.3 Å². The monoisotopic (exact) mass is 373 g/mol. The predicted octanol–water partition coefficient (Wildman–Crippen LogP) is 3.13. The second-order valence-corrected chi connectivity index (χ2v) is 6.58. The molecule has 4 nitrogen and oxygen atoms in total. The van der Waals surface area contributed by atoms with Crippen LogP contribution in [-0.2, 0) is 11.2 Å². The Morgan fingerprint density at radius 3 is 2.50 bits per heavy atom. The highest BCUT2D eigenvalue weighted by Crippen LogP contribution is 2.21. The molecule has 2 N–H and O–H groups in total. The van der Waals surface area contributed by atoms with Gasteiger partial charge in [-0.1, -0.05) is 18.2 Å². The molecular weight excluding hydrogens is 345 g/mol. The van der Waals surface area contributed by atoms with E-state index in [4.69, 9.17) is 5.73 Å². The van der Waals surface area contributed by atoms with Crippen LogP contribution in [0.5, 0.6) is 0 Å². The number of nitrogen functional groups attached to an aromatic ring is 1. The van der Waals surface area contributed by atoms with E-state index in [2.05, 4.69) is 9.80 Å². The average Bonchev–Trinajstić information content (AvgIpc) is 3.08. The van der Waals surface area contributed by atoms with Crippen molar-refractivity contribution in [1.29, 1.82) is 0 Å². The Balaban J connectivity index is 0.00000144. The van der Waals surface area contributed by atoms with Gasteiger partial charge < -0.3 is 10.6 Å². The molecule has 0 radical (unpaired) electrons. The van der Waals surface area contributed by atoms with Crippen molar-refractivity contribution in [2.24, 2.45) is 0 Å². The van der Waals surface area contributed by atoms with Crippen molar-refractivity contribution in [3.8, 4) is 0 Å². The van der Waals surface area contributed by atoms with Gasteiger partial charge in [0.2, 0.25) is 5.91 Å². The third-order valence-electron chi connectivity index (χ3n) is 5.07. The normalized spacial score (nSPS) is 21.0. The summed E-state index contributed by atoms with van der Waals surface area (Å²) in [7, 11) is 0. The van der Waals surface area contributed by atoms with Crippen LogP contribution in [0.1, 0.15) is 37.7 Å². The van der Waals surface area contributed by atoms with Crippen LogP contribution in [0.3, 0.4) is 0 Å². The van der Waals surface area contributed by atoms with Crippen molar-refractivity contribution in [1.82, 2.24) is 9.80 Å². The highest BCUT2D eigenvalue weighted by atomic mass is 35.5. The molecule has 3 rings (SSSR count). The maximum atomic E-state index is 12.5. The van der Waals surface area contributed by atoms with E-state index in [9.17, 15) is 4.79 Å². The number of amides is 1. The van der Waals surface area contributed by atoms with E-state index in [1.165, 1.54) is 32.4 Å². The second-order valence-electron chi connectivity index (χ2n) is 6.58. The summed E-state index contributed by atoms with van der Waals surface area (Å²) in [4.78, 5) is 17.2. The molecule has 2 fully saturated rings. The molecule has 0 bridgehead atoms. The quantitative estimate of drug-likeness (QED) is 0.824. The number of para-hydroxylation sites is 1. The van der Waals surface area contributed by atoms with Gasteiger partial charge in [0.15, 0.2) is 0 Å². The molecule has 0 aliphatic carbocycles. The predicted molar refractivity (Wildman–Crippen MR) is 104 cm³/mol. The summed E-state index contributed by atoms with van der Waals surface area (Å²) in [5, 5.41) is 0. The fraction of sp³-hybridized carbons (Fsp3) is 0.611. The summed E-state index contributed by atoms with van der Waals surface area (Å²) >= 11 is 0. The Hall–Kier alpha value is -0.970. The number of piperidine rings is 1. The van der Waals surface area contributed by atoms with E-state index in [1.807, 2.05) is 24.3 Å². The van der Waals surface area contributed by atoms with Crippen molar-refractivity contribution in [2.75, 3.05) is 31.9 Å². The third-order valence-corrected chi connectivity index (χ3v) is 5.07. The largest absolute Gasteiger partial charge is 0.399 e. The molecule has 2 aliphatic heterocycles. The summed E-state index contributed by atoms with van der Waals surface area (Å²) in [6, 6.07) is 8.43. The minimum atomic E-state index is 0. The molecule has 1 amide bonds. The van der Waals surface area contributed by atoms with Crippen LogP contribution in [0, 0.1) is 0 Å². The van der Waals surface area contributed by atoms with Gasteiger partial charge in [-0.15, -0.1) is 24.8 Å². The minimum Gasteiger partial charge on any atom is -0.399 e. The second kappa shape index (κ2) is 10.1. The van der Waals surface area contributed by atoms with Crippen LogP contribution in [-0.4, -0.2) is 47.9 Å². The first-order chi connectivity index (χ1) is 10.7. The molecular formula is C18H29Cl2N3O. The molecule has 1 unspecified atom stereocenters. The van der Waals surface area contributed by atoms with Crippen LogP contribution < -0.4 is 5.73 Å². The number of halogens is 2. The van der Waals surface area contributed by atoms with Gasteiger partial charge in [-0.3, -0.25) is 9.69 Å². The van der Waals surface area contributed by atoms with Gasteiger partial charge >= 0.3 is 0 Å². The number of carbonyl (C=O) groups is 1. The third kappa shape index (κ3) is 5.27. The maximum absolute atomic E-state index is 12.5. The first kappa shape index (κ1) is 21.1. The molecule has 6 heteroatoms. The molecule has 2 heterocycles. The van der Waals surface area contributed by atoms with Gasteiger partial charge in [0.1, 0.15) is 0 Å². The standard InChI is InChI=1S/C18H27N3O.2ClH/c19-17-8-2-1-6-15(17)9-10-18(22)21-13-5-7-16(14-21)20-11-3-4-12-20;;/h1-2,6,8,16H,3-5,7,9-14,19H2;2*1H. The summed E-state index contributed by atoms with van der Waals surface area (Å²) in [6.45, 7) is 4.27. The van der Waals surface area contributed by atoms with E-state index < -0.39 is 0 Å². The number of likely N-dealkylation sites (tertiary alicyclic amines) is 2. The van der Waals surface area contributed by atoms with Crippen LogP contribution >= 0.6 is 24.8 Å². The average molecular weight is 374 g/mol. The van der Waals surface area contributed by atoms with Crippen molar-refractivity contribution < 1.29 is 4.79 Å². The number of nitrogens with two attached hydrogens (primary N) is 1. The molecule has 2 saturated heterocycles. The Labute approximate surface area is 157 Å². The van der Waals surface area contributed by atoms with Crippen LogP contribution in [0.25, 0.3) is 0 Å². The van der Waals surface area contributed by atoms with Gasteiger partial charge in [0.05, 0.1) is 0 Å². The lowest BCUT2D eigenvalue weighted by Gasteiger charge is -2.37. The lowest BCUT2D eigenvalue weighted by molar-refractivity contribution is -0.133. The summed E-state index contributed by atoms with van der Waals surface area (Å²) in [6.07, 6.45) is 6.34. The van der Waals surface area contributed by atoms with Gasteiger partial charge in [-0.25, -0.2) is 0 Å². The topological polar surface area (TPSA) is 49.6 Å². The molecule has 1 aromatic rings. The number of nitrogens with zero attached hydrogens (tertiary/aromatic N) is 2.